The molecule has 7 nitrogen and oxygen atoms in total. The largest absolute Gasteiger partial charge is 0.357 e. The van der Waals surface area contributed by atoms with Crippen molar-refractivity contribution >= 4 is 5.96 Å². The van der Waals surface area contributed by atoms with E-state index in [9.17, 15) is 0 Å². The Morgan fingerprint density at radius 3 is 2.78 bits per heavy atom. The third-order valence-electron chi connectivity index (χ3n) is 4.58. The molecule has 0 aliphatic carbocycles. The molecule has 0 saturated carbocycles. The summed E-state index contributed by atoms with van der Waals surface area (Å²) in [6.07, 6.45) is 6.29. The van der Waals surface area contributed by atoms with Crippen molar-refractivity contribution in [1.29, 1.82) is 0 Å². The molecule has 1 saturated heterocycles. The fraction of sp³-hybridized carbons (Fsp3) is 0.812. The number of nitrogens with one attached hydrogen (secondary N) is 2. The van der Waals surface area contributed by atoms with Gasteiger partial charge in [-0.2, -0.15) is 0 Å². The van der Waals surface area contributed by atoms with Gasteiger partial charge in [0.25, 0.3) is 0 Å². The molecule has 128 valence electrons. The van der Waals surface area contributed by atoms with Gasteiger partial charge >= 0.3 is 0 Å². The van der Waals surface area contributed by atoms with E-state index in [4.69, 9.17) is 0 Å². The van der Waals surface area contributed by atoms with Gasteiger partial charge in [0, 0.05) is 32.6 Å². The van der Waals surface area contributed by atoms with Crippen molar-refractivity contribution in [1.82, 2.24) is 30.3 Å². The third kappa shape index (κ3) is 4.43. The van der Waals surface area contributed by atoms with Crippen LogP contribution in [0.5, 0.6) is 0 Å². The fourth-order valence-electron chi connectivity index (χ4n) is 3.33. The highest BCUT2D eigenvalue weighted by molar-refractivity contribution is 5.79. The van der Waals surface area contributed by atoms with Gasteiger partial charge in [0.05, 0.1) is 0 Å². The molecule has 0 aromatic carbocycles. The summed E-state index contributed by atoms with van der Waals surface area (Å²) in [7, 11) is 0. The molecule has 2 aliphatic rings. The zero-order valence-electron chi connectivity index (χ0n) is 14.2. The SMILES string of the molecule is CCNC(=NCc1nnc2n1CCC2)NCCN1CCCCC1. The zero-order valence-corrected chi connectivity index (χ0v) is 14.2. The number of aromatic nitrogens is 3. The first-order valence-electron chi connectivity index (χ1n) is 9.02. The van der Waals surface area contributed by atoms with Crippen LogP contribution in [0.15, 0.2) is 4.99 Å². The zero-order chi connectivity index (χ0) is 15.9. The van der Waals surface area contributed by atoms with Gasteiger partial charge in [0.15, 0.2) is 11.8 Å². The van der Waals surface area contributed by atoms with Crippen LogP contribution in [0.1, 0.15) is 44.3 Å². The van der Waals surface area contributed by atoms with Gasteiger partial charge in [0.1, 0.15) is 12.4 Å². The Labute approximate surface area is 138 Å². The number of rotatable bonds is 6. The minimum Gasteiger partial charge on any atom is -0.357 e. The first kappa shape index (κ1) is 16.2. The van der Waals surface area contributed by atoms with Crippen molar-refractivity contribution in [2.24, 2.45) is 4.99 Å². The minimum absolute atomic E-state index is 0.589. The second-order valence-corrected chi connectivity index (χ2v) is 6.31. The van der Waals surface area contributed by atoms with Gasteiger partial charge in [-0.05, 0) is 39.3 Å². The second kappa shape index (κ2) is 8.29. The Morgan fingerprint density at radius 2 is 1.96 bits per heavy atom. The van der Waals surface area contributed by atoms with Gasteiger partial charge in [-0.25, -0.2) is 4.99 Å². The van der Waals surface area contributed by atoms with Crippen LogP contribution in [0.3, 0.4) is 0 Å². The number of aryl methyl sites for hydroxylation is 1. The highest BCUT2D eigenvalue weighted by atomic mass is 15.3. The third-order valence-corrected chi connectivity index (χ3v) is 4.58. The van der Waals surface area contributed by atoms with Gasteiger partial charge in [-0.1, -0.05) is 6.42 Å². The maximum Gasteiger partial charge on any atom is 0.191 e. The Bertz CT molecular complexity index is 516. The summed E-state index contributed by atoms with van der Waals surface area (Å²) in [5.74, 6) is 2.96. The molecule has 7 heteroatoms. The highest BCUT2D eigenvalue weighted by Crippen LogP contribution is 2.14. The molecule has 0 bridgehead atoms. The topological polar surface area (TPSA) is 70.4 Å². The molecule has 3 heterocycles. The molecule has 1 aromatic rings. The van der Waals surface area contributed by atoms with Gasteiger partial charge in [-0.3, -0.25) is 0 Å². The summed E-state index contributed by atoms with van der Waals surface area (Å²) in [6, 6.07) is 0. The summed E-state index contributed by atoms with van der Waals surface area (Å²) in [5, 5.41) is 15.3. The number of hydrogen-bond donors (Lipinski definition) is 2. The Morgan fingerprint density at radius 1 is 1.09 bits per heavy atom. The van der Waals surface area contributed by atoms with Crippen LogP contribution in [0.4, 0.5) is 0 Å². The van der Waals surface area contributed by atoms with Gasteiger partial charge in [0.2, 0.25) is 0 Å². The molecular formula is C16H29N7. The average molecular weight is 319 g/mol. The summed E-state index contributed by atoms with van der Waals surface area (Å²) < 4.78 is 2.21. The summed E-state index contributed by atoms with van der Waals surface area (Å²) in [4.78, 5) is 7.20. The van der Waals surface area contributed by atoms with E-state index in [0.29, 0.717) is 6.54 Å². The molecule has 23 heavy (non-hydrogen) atoms. The van der Waals surface area contributed by atoms with E-state index in [0.717, 1.165) is 50.2 Å². The van der Waals surface area contributed by atoms with E-state index in [1.54, 1.807) is 0 Å². The van der Waals surface area contributed by atoms with E-state index in [2.05, 4.69) is 42.2 Å². The van der Waals surface area contributed by atoms with Crippen molar-refractivity contribution in [3.63, 3.8) is 0 Å². The highest BCUT2D eigenvalue weighted by Gasteiger charge is 2.16. The molecule has 0 amide bonds. The number of aliphatic imine (C=N–C) groups is 1. The molecule has 1 fully saturated rings. The molecule has 2 aliphatic heterocycles. The Hall–Kier alpha value is -1.63. The minimum atomic E-state index is 0.589. The molecule has 3 rings (SSSR count). The molecule has 0 radical (unpaired) electrons. The van der Waals surface area contributed by atoms with E-state index in [1.807, 2.05) is 0 Å². The van der Waals surface area contributed by atoms with Crippen molar-refractivity contribution in [3.05, 3.63) is 11.6 Å². The van der Waals surface area contributed by atoms with E-state index < -0.39 is 0 Å². The molecule has 0 unspecified atom stereocenters. The standard InChI is InChI=1S/C16H29N7/c1-2-17-16(18-8-12-22-9-4-3-5-10-22)19-13-15-21-20-14-7-6-11-23(14)15/h2-13H2,1H3,(H2,17,18,19). The molecule has 2 N–H and O–H groups in total. The fourth-order valence-corrected chi connectivity index (χ4v) is 3.33. The first-order chi connectivity index (χ1) is 11.4. The van der Waals surface area contributed by atoms with E-state index in [-0.39, 0.29) is 0 Å². The lowest BCUT2D eigenvalue weighted by molar-refractivity contribution is 0.232. The lowest BCUT2D eigenvalue weighted by atomic mass is 10.1. The predicted molar refractivity (Wildman–Crippen MR) is 91.5 cm³/mol. The van der Waals surface area contributed by atoms with Crippen molar-refractivity contribution in [2.75, 3.05) is 32.7 Å². The number of likely N-dealkylation sites (tertiary alicyclic amines) is 1. The summed E-state index contributed by atoms with van der Waals surface area (Å²) in [6.45, 7) is 9.08. The average Bonchev–Trinajstić information content (AvgIpc) is 3.17. The quantitative estimate of drug-likeness (QED) is 0.598. The lowest BCUT2D eigenvalue weighted by Gasteiger charge is -2.26. The monoisotopic (exact) mass is 319 g/mol. The smallest absolute Gasteiger partial charge is 0.191 e. The summed E-state index contributed by atoms with van der Waals surface area (Å²) >= 11 is 0. The number of fused-ring (bicyclic) bond motifs is 1. The number of guanidine groups is 1. The Balaban J connectivity index is 1.48. The second-order valence-electron chi connectivity index (χ2n) is 6.31. The van der Waals surface area contributed by atoms with E-state index >= 15 is 0 Å². The Kier molecular flexibility index (Phi) is 5.85. The normalized spacial score (nSPS) is 18.9. The predicted octanol–water partition coefficient (Wildman–Crippen LogP) is 0.765. The molecule has 0 atom stereocenters. The van der Waals surface area contributed by atoms with Crippen LogP contribution in [0.2, 0.25) is 0 Å². The number of hydrogen-bond acceptors (Lipinski definition) is 4. The van der Waals surface area contributed by atoms with E-state index in [1.165, 1.54) is 38.8 Å². The number of piperidine rings is 1. The number of nitrogens with zero attached hydrogens (tertiary/aromatic N) is 5. The maximum absolute atomic E-state index is 4.67. The summed E-state index contributed by atoms with van der Waals surface area (Å²) in [5.41, 5.74) is 0. The van der Waals surface area contributed by atoms with Crippen molar-refractivity contribution < 1.29 is 0 Å². The molecule has 0 spiro atoms. The van der Waals surface area contributed by atoms with Crippen molar-refractivity contribution in [2.45, 2.75) is 52.1 Å². The lowest BCUT2D eigenvalue weighted by Crippen LogP contribution is -2.42. The van der Waals surface area contributed by atoms with Crippen molar-refractivity contribution in [3.8, 4) is 0 Å². The maximum atomic E-state index is 4.67. The van der Waals surface area contributed by atoms with Crippen LogP contribution >= 0.6 is 0 Å². The van der Waals surface area contributed by atoms with Crippen LogP contribution < -0.4 is 10.6 Å². The molecule has 1 aromatic heterocycles. The van der Waals surface area contributed by atoms with Gasteiger partial charge < -0.3 is 20.1 Å². The van der Waals surface area contributed by atoms with Crippen LogP contribution in [-0.2, 0) is 19.5 Å². The molecular weight excluding hydrogens is 290 g/mol. The first-order valence-corrected chi connectivity index (χ1v) is 9.02. The van der Waals surface area contributed by atoms with Gasteiger partial charge in [-0.15, -0.1) is 10.2 Å². The van der Waals surface area contributed by atoms with Crippen LogP contribution in [-0.4, -0.2) is 58.3 Å². The van der Waals surface area contributed by atoms with Crippen LogP contribution in [0, 0.1) is 0 Å². The van der Waals surface area contributed by atoms with Crippen LogP contribution in [0.25, 0.3) is 0 Å².